The van der Waals surface area contributed by atoms with Crippen molar-refractivity contribution in [1.29, 1.82) is 0 Å². The number of aromatic nitrogens is 1. The molecule has 1 saturated heterocycles. The molecule has 6 nitrogen and oxygen atoms in total. The fourth-order valence-corrected chi connectivity index (χ4v) is 3.86. The van der Waals surface area contributed by atoms with Gasteiger partial charge in [0.25, 0.3) is 0 Å². The quantitative estimate of drug-likeness (QED) is 0.384. The van der Waals surface area contributed by atoms with Crippen LogP contribution in [0.25, 0.3) is 0 Å². The molecule has 2 N–H and O–H groups in total. The Morgan fingerprint density at radius 1 is 1.22 bits per heavy atom. The van der Waals surface area contributed by atoms with Crippen LogP contribution in [-0.4, -0.2) is 42.0 Å². The molecule has 23 heavy (non-hydrogen) atoms. The Balaban J connectivity index is 1.71. The second-order valence-corrected chi connectivity index (χ2v) is 6.97. The van der Waals surface area contributed by atoms with E-state index >= 15 is 0 Å². The van der Waals surface area contributed by atoms with Gasteiger partial charge >= 0.3 is 22.2 Å². The van der Waals surface area contributed by atoms with Crippen molar-refractivity contribution in [2.45, 2.75) is 6.92 Å². The van der Waals surface area contributed by atoms with Crippen LogP contribution < -0.4 is 11.2 Å². The lowest BCUT2D eigenvalue weighted by Crippen LogP contribution is -2.64. The zero-order chi connectivity index (χ0) is 16.2. The second-order valence-electron chi connectivity index (χ2n) is 4.91. The summed E-state index contributed by atoms with van der Waals surface area (Å²) < 4.78 is 13.1. The maximum Gasteiger partial charge on any atom is 0.846 e. The molecule has 1 aromatic carbocycles. The average Bonchev–Trinajstić information content (AvgIpc) is 2.54. The van der Waals surface area contributed by atoms with Gasteiger partial charge in [-0.1, -0.05) is 36.4 Å². The lowest BCUT2D eigenvalue weighted by Gasteiger charge is -2.35. The molecular formula is C14H14AlBN4O2S. The molecule has 0 aliphatic carbocycles. The molecule has 1 fully saturated rings. The molecule has 0 unspecified atom stereocenters. The largest absolute Gasteiger partial charge is 0.846 e. The smallest absolute Gasteiger partial charge is 0.500 e. The highest BCUT2D eigenvalue weighted by Gasteiger charge is 2.53. The Morgan fingerprint density at radius 3 is 2.52 bits per heavy atom. The molecule has 114 valence electrons. The number of hydrogen-bond donors (Lipinski definition) is 1. The van der Waals surface area contributed by atoms with E-state index in [1.165, 1.54) is 3.99 Å². The van der Waals surface area contributed by atoms with Crippen molar-refractivity contribution in [3.8, 4) is 0 Å². The number of thiocarbonyl (C=S) groups is 1. The van der Waals surface area contributed by atoms with Gasteiger partial charge in [0.15, 0.2) is 5.11 Å². The van der Waals surface area contributed by atoms with E-state index in [4.69, 9.17) is 25.4 Å². The van der Waals surface area contributed by atoms with Crippen molar-refractivity contribution < 1.29 is 7.41 Å². The number of nitrogens with two attached hydrogens (primary N) is 1. The standard InChI is InChI=1S/C8H10N4S.C6H5BO2.Al/c1-6(11-12-8(9)13)7-4-2-3-5-10-7;8-7(9)6-4-2-1-3-5-6;/h2-5H,1H3,(H3,9,10,12,13);1-5H;/q;-2;+3/p-1. The Morgan fingerprint density at radius 2 is 1.91 bits per heavy atom. The Hall–Kier alpha value is -1.75. The van der Waals surface area contributed by atoms with Crippen molar-refractivity contribution in [1.82, 2.24) is 8.98 Å². The fourth-order valence-electron chi connectivity index (χ4n) is 2.09. The summed E-state index contributed by atoms with van der Waals surface area (Å²) in [5, 5.41) is 4.56. The van der Waals surface area contributed by atoms with Crippen molar-refractivity contribution in [3.05, 3.63) is 60.4 Å². The molecular weight excluding hydrogens is 326 g/mol. The van der Waals surface area contributed by atoms with E-state index in [9.17, 15) is 0 Å². The van der Waals surface area contributed by atoms with Gasteiger partial charge in [0.2, 0.25) is 0 Å². The van der Waals surface area contributed by atoms with Crippen LogP contribution in [0, 0.1) is 0 Å². The zero-order valence-corrected chi connectivity index (χ0v) is 14.5. The first-order valence-electron chi connectivity index (χ1n) is 7.06. The Kier molecular flexibility index (Phi) is 5.05. The summed E-state index contributed by atoms with van der Waals surface area (Å²) in [6, 6.07) is 15.3. The molecule has 1 aliphatic heterocycles. The van der Waals surface area contributed by atoms with Crippen molar-refractivity contribution >= 4 is 50.7 Å². The minimum atomic E-state index is -2.23. The van der Waals surface area contributed by atoms with E-state index in [2.05, 4.69) is 10.1 Å². The molecule has 0 spiro atoms. The number of benzene rings is 1. The molecule has 2 heterocycles. The summed E-state index contributed by atoms with van der Waals surface area (Å²) in [6.45, 7) is 1.84. The SMILES string of the molecule is C/C(=N/[N](C(N)=S)[Al]1[O]B(c2ccccc2)[O]1)c1ccccn1. The monoisotopic (exact) mass is 340 g/mol. The number of hydrogen-bond acceptors (Lipinski definition) is 5. The highest BCUT2D eigenvalue weighted by Crippen LogP contribution is 2.15. The molecule has 0 saturated carbocycles. The average molecular weight is 340 g/mol. The Bertz CT molecular complexity index is 713. The van der Waals surface area contributed by atoms with Crippen LogP contribution in [0.2, 0.25) is 0 Å². The van der Waals surface area contributed by atoms with Gasteiger partial charge in [-0.05, 0) is 36.7 Å². The van der Waals surface area contributed by atoms with E-state index in [-0.39, 0.29) is 12.2 Å². The molecule has 0 amide bonds. The fraction of sp³-hybridized carbons (Fsp3) is 0.0714. The normalized spacial score (nSPS) is 14.4. The van der Waals surface area contributed by atoms with E-state index in [0.29, 0.717) is 5.71 Å². The van der Waals surface area contributed by atoms with Gasteiger partial charge in [-0.3, -0.25) is 8.98 Å². The lowest BCUT2D eigenvalue weighted by atomic mass is 9.80. The second kappa shape index (κ2) is 7.21. The predicted molar refractivity (Wildman–Crippen MR) is 94.8 cm³/mol. The molecule has 3 rings (SSSR count). The van der Waals surface area contributed by atoms with Crippen LogP contribution in [0.4, 0.5) is 0 Å². The van der Waals surface area contributed by atoms with Crippen molar-refractivity contribution in [2.24, 2.45) is 10.8 Å². The molecule has 0 bridgehead atoms. The van der Waals surface area contributed by atoms with Gasteiger partial charge in [0.1, 0.15) is 0 Å². The zero-order valence-electron chi connectivity index (χ0n) is 12.5. The van der Waals surface area contributed by atoms with Crippen LogP contribution >= 0.6 is 12.2 Å². The topological polar surface area (TPSA) is 73.0 Å². The van der Waals surface area contributed by atoms with Crippen LogP contribution in [0.5, 0.6) is 0 Å². The van der Waals surface area contributed by atoms with Crippen molar-refractivity contribution in [3.63, 3.8) is 0 Å². The van der Waals surface area contributed by atoms with Gasteiger partial charge in [-0.15, -0.1) is 0 Å². The van der Waals surface area contributed by atoms with Crippen LogP contribution in [0.1, 0.15) is 12.6 Å². The Labute approximate surface area is 145 Å². The van der Waals surface area contributed by atoms with Gasteiger partial charge in [0, 0.05) is 6.20 Å². The van der Waals surface area contributed by atoms with E-state index in [1.807, 2.05) is 55.5 Å². The minimum Gasteiger partial charge on any atom is -0.500 e. The summed E-state index contributed by atoms with van der Waals surface area (Å²) in [5.74, 6) is 0. The molecule has 2 aromatic rings. The minimum absolute atomic E-state index is 0.128. The van der Waals surface area contributed by atoms with Gasteiger partial charge in [-0.2, -0.15) is 5.10 Å². The third kappa shape index (κ3) is 3.78. The summed E-state index contributed by atoms with van der Waals surface area (Å²) in [6.07, 6.45) is 1.71. The summed E-state index contributed by atoms with van der Waals surface area (Å²) >= 11 is 2.84. The van der Waals surface area contributed by atoms with E-state index < -0.39 is 15.0 Å². The highest BCUT2D eigenvalue weighted by molar-refractivity contribution is 7.80. The lowest BCUT2D eigenvalue weighted by molar-refractivity contribution is 0.244. The first-order valence-corrected chi connectivity index (χ1v) is 8.93. The van der Waals surface area contributed by atoms with Crippen LogP contribution in [0.15, 0.2) is 59.8 Å². The van der Waals surface area contributed by atoms with Gasteiger partial charge in [0.05, 0.1) is 11.4 Å². The van der Waals surface area contributed by atoms with Crippen LogP contribution in [-0.2, 0) is 7.41 Å². The van der Waals surface area contributed by atoms with Crippen molar-refractivity contribution in [2.75, 3.05) is 0 Å². The summed E-state index contributed by atoms with van der Waals surface area (Å²) in [4.78, 5) is 4.25. The highest BCUT2D eigenvalue weighted by atomic mass is 32.1. The molecule has 9 heteroatoms. The van der Waals surface area contributed by atoms with E-state index in [1.54, 1.807) is 6.20 Å². The molecule has 1 aromatic heterocycles. The third-order valence-corrected chi connectivity index (χ3v) is 5.40. The van der Waals surface area contributed by atoms with Gasteiger partial charge < -0.3 is 13.1 Å². The first kappa shape index (κ1) is 16.1. The summed E-state index contributed by atoms with van der Waals surface area (Å²) in [7, 11) is -0.380. The molecule has 0 radical (unpaired) electrons. The number of hydrazone groups is 1. The maximum absolute atomic E-state index is 5.83. The number of rotatable bonds is 4. The number of pyridine rings is 1. The van der Waals surface area contributed by atoms with Gasteiger partial charge in [-0.25, -0.2) is 0 Å². The summed E-state index contributed by atoms with van der Waals surface area (Å²) in [5.41, 5.74) is 8.17. The predicted octanol–water partition coefficient (Wildman–Crippen LogP) is 0.778. The third-order valence-electron chi connectivity index (χ3n) is 3.27. The maximum atomic E-state index is 5.83. The van der Waals surface area contributed by atoms with E-state index in [0.717, 1.165) is 11.2 Å². The number of nitrogens with zero attached hydrogens (tertiary/aromatic N) is 3. The first-order chi connectivity index (χ1) is 11.1. The van der Waals surface area contributed by atoms with Crippen LogP contribution in [0.3, 0.4) is 0 Å². The molecule has 0 atom stereocenters. The molecule has 1 aliphatic rings.